The van der Waals surface area contributed by atoms with Gasteiger partial charge in [0.25, 0.3) is 11.8 Å². The van der Waals surface area contributed by atoms with Gasteiger partial charge in [-0.05, 0) is 24.6 Å². The average molecular weight is 378 g/mol. The molecule has 144 valence electrons. The first-order chi connectivity index (χ1) is 13.5. The lowest BCUT2D eigenvalue weighted by Crippen LogP contribution is -2.37. The Balaban J connectivity index is 1.52. The molecule has 2 amide bonds. The van der Waals surface area contributed by atoms with Crippen molar-refractivity contribution in [2.45, 2.75) is 26.4 Å². The van der Waals surface area contributed by atoms with Crippen LogP contribution < -0.4 is 5.32 Å². The second kappa shape index (κ2) is 7.34. The SMILES string of the molecule is Cc1cccc(CNC(=O)c2nn(C)c3c2CN(C(=O)c2ccco2)CC3)c1. The highest BCUT2D eigenvalue weighted by molar-refractivity contribution is 5.95. The van der Waals surface area contributed by atoms with Crippen molar-refractivity contribution in [2.75, 3.05) is 6.54 Å². The predicted octanol–water partition coefficient (Wildman–Crippen LogP) is 2.45. The molecule has 0 atom stereocenters. The summed E-state index contributed by atoms with van der Waals surface area (Å²) in [5, 5.41) is 7.36. The van der Waals surface area contributed by atoms with Crippen LogP contribution in [0.2, 0.25) is 0 Å². The Morgan fingerprint density at radius 1 is 1.25 bits per heavy atom. The molecule has 1 N–H and O–H groups in total. The topological polar surface area (TPSA) is 80.4 Å². The van der Waals surface area contributed by atoms with Gasteiger partial charge in [-0.15, -0.1) is 0 Å². The lowest BCUT2D eigenvalue weighted by molar-refractivity contribution is 0.0698. The molecule has 0 saturated carbocycles. The number of aryl methyl sites for hydroxylation is 2. The van der Waals surface area contributed by atoms with Crippen molar-refractivity contribution in [3.05, 3.63) is 76.5 Å². The molecular formula is C21H22N4O3. The Kier molecular flexibility index (Phi) is 4.73. The van der Waals surface area contributed by atoms with Crippen LogP contribution in [-0.2, 0) is 26.6 Å². The van der Waals surface area contributed by atoms with Crippen LogP contribution in [0.4, 0.5) is 0 Å². The first-order valence-electron chi connectivity index (χ1n) is 9.24. The lowest BCUT2D eigenvalue weighted by Gasteiger charge is -2.26. The fourth-order valence-electron chi connectivity index (χ4n) is 3.59. The van der Waals surface area contributed by atoms with Gasteiger partial charge in [-0.2, -0.15) is 5.10 Å². The van der Waals surface area contributed by atoms with Crippen LogP contribution in [0.5, 0.6) is 0 Å². The van der Waals surface area contributed by atoms with Crippen LogP contribution >= 0.6 is 0 Å². The summed E-state index contributed by atoms with van der Waals surface area (Å²) in [4.78, 5) is 27.1. The maximum Gasteiger partial charge on any atom is 0.289 e. The van der Waals surface area contributed by atoms with Crippen molar-refractivity contribution in [3.8, 4) is 0 Å². The molecule has 1 aliphatic heterocycles. The van der Waals surface area contributed by atoms with E-state index in [0.717, 1.165) is 22.4 Å². The number of fused-ring (bicyclic) bond motifs is 1. The van der Waals surface area contributed by atoms with Gasteiger partial charge in [0.2, 0.25) is 0 Å². The van der Waals surface area contributed by atoms with Crippen LogP contribution in [0.3, 0.4) is 0 Å². The highest BCUT2D eigenvalue weighted by Gasteiger charge is 2.30. The molecule has 0 spiro atoms. The van der Waals surface area contributed by atoms with E-state index in [-0.39, 0.29) is 11.8 Å². The molecule has 1 aromatic carbocycles. The molecule has 0 aliphatic carbocycles. The van der Waals surface area contributed by atoms with E-state index in [2.05, 4.69) is 10.4 Å². The zero-order chi connectivity index (χ0) is 19.7. The number of carbonyl (C=O) groups excluding carboxylic acids is 2. The Morgan fingerprint density at radius 2 is 2.11 bits per heavy atom. The molecule has 1 aliphatic rings. The molecule has 0 bridgehead atoms. The number of nitrogens with zero attached hydrogens (tertiary/aromatic N) is 3. The van der Waals surface area contributed by atoms with E-state index < -0.39 is 0 Å². The van der Waals surface area contributed by atoms with Crippen molar-refractivity contribution in [2.24, 2.45) is 7.05 Å². The van der Waals surface area contributed by atoms with E-state index >= 15 is 0 Å². The highest BCUT2D eigenvalue weighted by atomic mass is 16.3. The zero-order valence-corrected chi connectivity index (χ0v) is 15.9. The van der Waals surface area contributed by atoms with Gasteiger partial charge in [0.1, 0.15) is 0 Å². The van der Waals surface area contributed by atoms with Crippen LogP contribution in [0.1, 0.15) is 43.4 Å². The van der Waals surface area contributed by atoms with Gasteiger partial charge in [0.05, 0.1) is 12.8 Å². The number of benzene rings is 1. The number of aromatic nitrogens is 2. The minimum absolute atomic E-state index is 0.175. The maximum atomic E-state index is 12.8. The number of furan rings is 1. The van der Waals surface area contributed by atoms with Crippen molar-refractivity contribution in [1.29, 1.82) is 0 Å². The van der Waals surface area contributed by atoms with E-state index in [0.29, 0.717) is 37.5 Å². The average Bonchev–Trinajstić information content (AvgIpc) is 3.34. The van der Waals surface area contributed by atoms with E-state index in [4.69, 9.17) is 4.42 Å². The van der Waals surface area contributed by atoms with Crippen LogP contribution in [-0.4, -0.2) is 33.0 Å². The second-order valence-corrected chi connectivity index (χ2v) is 7.02. The van der Waals surface area contributed by atoms with Gasteiger partial charge in [0.15, 0.2) is 11.5 Å². The third-order valence-corrected chi connectivity index (χ3v) is 5.01. The Morgan fingerprint density at radius 3 is 2.86 bits per heavy atom. The van der Waals surface area contributed by atoms with Gasteiger partial charge in [-0.1, -0.05) is 29.8 Å². The fourth-order valence-corrected chi connectivity index (χ4v) is 3.59. The van der Waals surface area contributed by atoms with Crippen LogP contribution in [0, 0.1) is 6.92 Å². The summed E-state index contributed by atoms with van der Waals surface area (Å²) in [6.07, 6.45) is 2.13. The van der Waals surface area contributed by atoms with E-state index in [9.17, 15) is 9.59 Å². The molecule has 28 heavy (non-hydrogen) atoms. The molecule has 0 saturated heterocycles. The van der Waals surface area contributed by atoms with Crippen molar-refractivity contribution >= 4 is 11.8 Å². The summed E-state index contributed by atoms with van der Waals surface area (Å²) in [7, 11) is 1.83. The van der Waals surface area contributed by atoms with Gasteiger partial charge in [0, 0.05) is 37.8 Å². The molecule has 3 aromatic rings. The Labute approximate surface area is 162 Å². The molecule has 4 rings (SSSR count). The number of rotatable bonds is 4. The zero-order valence-electron chi connectivity index (χ0n) is 15.9. The minimum Gasteiger partial charge on any atom is -0.459 e. The number of carbonyl (C=O) groups is 2. The Bertz CT molecular complexity index is 1020. The number of hydrogen-bond donors (Lipinski definition) is 1. The van der Waals surface area contributed by atoms with Crippen LogP contribution in [0.15, 0.2) is 47.1 Å². The third-order valence-electron chi connectivity index (χ3n) is 5.01. The monoisotopic (exact) mass is 378 g/mol. The Hall–Kier alpha value is -3.35. The standard InChI is InChI=1S/C21H22N4O3/c1-14-5-3-6-15(11-14)12-22-20(26)19-16-13-25(9-8-17(16)24(2)23-19)21(27)18-7-4-10-28-18/h3-7,10-11H,8-9,12-13H2,1-2H3,(H,22,26). The largest absolute Gasteiger partial charge is 0.459 e. The summed E-state index contributed by atoms with van der Waals surface area (Å²) in [5.74, 6) is -0.103. The second-order valence-electron chi connectivity index (χ2n) is 7.02. The highest BCUT2D eigenvalue weighted by Crippen LogP contribution is 2.23. The normalized spacial score (nSPS) is 13.3. The van der Waals surface area contributed by atoms with Gasteiger partial charge >= 0.3 is 0 Å². The lowest BCUT2D eigenvalue weighted by atomic mass is 10.0. The summed E-state index contributed by atoms with van der Waals surface area (Å²) < 4.78 is 6.97. The van der Waals surface area contributed by atoms with Gasteiger partial charge < -0.3 is 14.6 Å². The number of amides is 2. The molecule has 0 radical (unpaired) electrons. The quantitative estimate of drug-likeness (QED) is 0.756. The van der Waals surface area contributed by atoms with E-state index in [1.807, 2.05) is 38.2 Å². The smallest absolute Gasteiger partial charge is 0.289 e. The molecule has 2 aromatic heterocycles. The first kappa shape index (κ1) is 18.0. The summed E-state index contributed by atoms with van der Waals surface area (Å²) in [6.45, 7) is 3.36. The molecule has 7 heteroatoms. The minimum atomic E-state index is -0.231. The summed E-state index contributed by atoms with van der Waals surface area (Å²) in [6, 6.07) is 11.3. The molecule has 3 heterocycles. The van der Waals surface area contributed by atoms with Gasteiger partial charge in [-0.25, -0.2) is 0 Å². The fraction of sp³-hybridized carbons (Fsp3) is 0.286. The van der Waals surface area contributed by atoms with E-state index in [1.54, 1.807) is 21.7 Å². The summed E-state index contributed by atoms with van der Waals surface area (Å²) in [5.41, 5.74) is 4.35. The van der Waals surface area contributed by atoms with Crippen LogP contribution in [0.25, 0.3) is 0 Å². The maximum absolute atomic E-state index is 12.8. The first-order valence-corrected chi connectivity index (χ1v) is 9.24. The predicted molar refractivity (Wildman–Crippen MR) is 103 cm³/mol. The molecular weight excluding hydrogens is 356 g/mol. The summed E-state index contributed by atoms with van der Waals surface area (Å²) >= 11 is 0. The number of hydrogen-bond acceptors (Lipinski definition) is 4. The molecule has 0 fully saturated rings. The molecule has 0 unspecified atom stereocenters. The number of nitrogens with one attached hydrogen (secondary N) is 1. The van der Waals surface area contributed by atoms with Crippen molar-refractivity contribution in [1.82, 2.24) is 20.0 Å². The molecule has 7 nitrogen and oxygen atoms in total. The van der Waals surface area contributed by atoms with Gasteiger partial charge in [-0.3, -0.25) is 14.3 Å². The van der Waals surface area contributed by atoms with E-state index in [1.165, 1.54) is 6.26 Å². The van der Waals surface area contributed by atoms with Crippen molar-refractivity contribution in [3.63, 3.8) is 0 Å². The third kappa shape index (κ3) is 3.43. The van der Waals surface area contributed by atoms with Crippen molar-refractivity contribution < 1.29 is 14.0 Å².